The predicted octanol–water partition coefficient (Wildman–Crippen LogP) is 2.81. The van der Waals surface area contributed by atoms with Crippen molar-refractivity contribution in [2.24, 2.45) is 11.3 Å². The minimum atomic E-state index is -0.364. The maximum Gasteiger partial charge on any atom is 0.341 e. The fourth-order valence-corrected chi connectivity index (χ4v) is 2.34. The van der Waals surface area contributed by atoms with Crippen molar-refractivity contribution in [2.45, 2.75) is 40.5 Å². The molecule has 0 spiro atoms. The number of nitrogens with one attached hydrogen (secondary N) is 1. The van der Waals surface area contributed by atoms with Crippen LogP contribution < -0.4 is 5.32 Å². The summed E-state index contributed by atoms with van der Waals surface area (Å²) in [5.41, 5.74) is 1.48. The quantitative estimate of drug-likeness (QED) is 0.810. The summed E-state index contributed by atoms with van der Waals surface area (Å²) in [6.07, 6.45) is 4.06. The Balaban J connectivity index is 2.01. The number of aromatic nitrogens is 2. The van der Waals surface area contributed by atoms with Gasteiger partial charge in [0, 0.05) is 12.7 Å². The number of aryl methyl sites for hydroxylation is 1. The van der Waals surface area contributed by atoms with E-state index in [-0.39, 0.29) is 5.97 Å². The molecule has 1 N–H and O–H groups in total. The van der Waals surface area contributed by atoms with Crippen LogP contribution in [-0.2, 0) is 4.74 Å². The van der Waals surface area contributed by atoms with Gasteiger partial charge in [0.1, 0.15) is 0 Å². The molecule has 0 aliphatic heterocycles. The molecule has 0 unspecified atom stereocenters. The second-order valence-corrected chi connectivity index (χ2v) is 5.78. The molecule has 1 aromatic heterocycles. The largest absolute Gasteiger partial charge is 0.462 e. The number of carbonyl (C=O) groups is 1. The van der Waals surface area contributed by atoms with E-state index in [0.29, 0.717) is 35.1 Å². The molecule has 1 saturated carbocycles. The number of hydrogen-bond acceptors (Lipinski definition) is 5. The molecule has 0 saturated heterocycles. The predicted molar refractivity (Wildman–Crippen MR) is 77.7 cm³/mol. The van der Waals surface area contributed by atoms with Crippen LogP contribution in [0.3, 0.4) is 0 Å². The molecule has 5 nitrogen and oxygen atoms in total. The second-order valence-electron chi connectivity index (χ2n) is 5.78. The van der Waals surface area contributed by atoms with Crippen LogP contribution in [0.4, 0.5) is 5.95 Å². The lowest BCUT2D eigenvalue weighted by Gasteiger charge is -2.20. The van der Waals surface area contributed by atoms with Crippen molar-refractivity contribution >= 4 is 11.9 Å². The molecule has 1 aliphatic rings. The molecule has 2 rings (SSSR count). The van der Waals surface area contributed by atoms with Crippen molar-refractivity contribution < 1.29 is 9.53 Å². The lowest BCUT2D eigenvalue weighted by atomic mass is 9.92. The molecule has 0 aromatic carbocycles. The zero-order valence-corrected chi connectivity index (χ0v) is 12.7. The smallest absolute Gasteiger partial charge is 0.341 e. The summed E-state index contributed by atoms with van der Waals surface area (Å²) in [6, 6.07) is 0. The van der Waals surface area contributed by atoms with E-state index in [1.807, 2.05) is 0 Å². The summed E-state index contributed by atoms with van der Waals surface area (Å²) in [5.74, 6) is 0.884. The molecule has 0 atom stereocenters. The summed E-state index contributed by atoms with van der Waals surface area (Å²) < 4.78 is 4.96. The van der Waals surface area contributed by atoms with Crippen molar-refractivity contribution in [2.75, 3.05) is 18.5 Å². The van der Waals surface area contributed by atoms with Gasteiger partial charge < -0.3 is 10.1 Å². The Morgan fingerprint density at radius 3 is 2.70 bits per heavy atom. The number of carbonyl (C=O) groups excluding carboxylic acids is 1. The number of hydrogen-bond donors (Lipinski definition) is 1. The number of nitrogens with zero attached hydrogens (tertiary/aromatic N) is 2. The van der Waals surface area contributed by atoms with Gasteiger partial charge in [0.25, 0.3) is 0 Å². The van der Waals surface area contributed by atoms with Crippen LogP contribution in [-0.4, -0.2) is 29.1 Å². The maximum absolute atomic E-state index is 11.7. The number of rotatable bonds is 6. The maximum atomic E-state index is 11.7. The Morgan fingerprint density at radius 2 is 2.20 bits per heavy atom. The van der Waals surface area contributed by atoms with E-state index in [1.54, 1.807) is 13.8 Å². The topological polar surface area (TPSA) is 64.1 Å². The summed E-state index contributed by atoms with van der Waals surface area (Å²) in [7, 11) is 0. The van der Waals surface area contributed by atoms with Gasteiger partial charge in [0.15, 0.2) is 0 Å². The van der Waals surface area contributed by atoms with Crippen molar-refractivity contribution in [3.8, 4) is 0 Å². The lowest BCUT2D eigenvalue weighted by molar-refractivity contribution is 0.0524. The first kappa shape index (κ1) is 14.8. The molecule has 5 heteroatoms. The summed E-state index contributed by atoms with van der Waals surface area (Å²) in [4.78, 5) is 20.2. The highest BCUT2D eigenvalue weighted by Crippen LogP contribution is 2.51. The van der Waals surface area contributed by atoms with Gasteiger partial charge in [-0.15, -0.1) is 0 Å². The molecule has 20 heavy (non-hydrogen) atoms. The van der Waals surface area contributed by atoms with Crippen LogP contribution in [0.25, 0.3) is 0 Å². The average Bonchev–Trinajstić information content (AvgIpc) is 3.18. The first-order valence-electron chi connectivity index (χ1n) is 7.23. The van der Waals surface area contributed by atoms with E-state index in [2.05, 4.69) is 29.1 Å². The molecular weight excluding hydrogens is 254 g/mol. The van der Waals surface area contributed by atoms with E-state index in [4.69, 9.17) is 4.74 Å². The van der Waals surface area contributed by atoms with Gasteiger partial charge in [0.2, 0.25) is 5.95 Å². The average molecular weight is 277 g/mol. The van der Waals surface area contributed by atoms with Crippen LogP contribution in [0.2, 0.25) is 0 Å². The van der Waals surface area contributed by atoms with Gasteiger partial charge in [-0.3, -0.25) is 0 Å². The highest BCUT2D eigenvalue weighted by molar-refractivity contribution is 5.90. The van der Waals surface area contributed by atoms with Crippen LogP contribution in [0.15, 0.2) is 6.20 Å². The van der Waals surface area contributed by atoms with E-state index in [9.17, 15) is 4.79 Å². The normalized spacial score (nSPS) is 16.1. The molecule has 1 fully saturated rings. The fourth-order valence-electron chi connectivity index (χ4n) is 2.34. The molecule has 1 aromatic rings. The number of anilines is 1. The minimum absolute atomic E-state index is 0.356. The lowest BCUT2D eigenvalue weighted by Crippen LogP contribution is -2.22. The second kappa shape index (κ2) is 5.77. The van der Waals surface area contributed by atoms with Gasteiger partial charge in [-0.2, -0.15) is 0 Å². The summed E-state index contributed by atoms with van der Waals surface area (Å²) in [6.45, 7) is 9.34. The van der Waals surface area contributed by atoms with Gasteiger partial charge >= 0.3 is 5.97 Å². The number of esters is 1. The zero-order valence-electron chi connectivity index (χ0n) is 12.7. The highest BCUT2D eigenvalue weighted by Gasteiger charge is 2.45. The standard InChI is InChI=1S/C15H23N3O2/c1-5-20-13(19)12-8-16-14(18-11(12)4)17-9-15(6-7-15)10(2)3/h8,10H,5-7,9H2,1-4H3,(H,16,17,18). The van der Waals surface area contributed by atoms with E-state index < -0.39 is 0 Å². The molecule has 1 aliphatic carbocycles. The molecule has 110 valence electrons. The molecule has 0 radical (unpaired) electrons. The van der Waals surface area contributed by atoms with Gasteiger partial charge in [-0.05, 0) is 38.0 Å². The third-order valence-electron chi connectivity index (χ3n) is 4.19. The highest BCUT2D eigenvalue weighted by atomic mass is 16.5. The van der Waals surface area contributed by atoms with E-state index >= 15 is 0 Å². The van der Waals surface area contributed by atoms with E-state index in [0.717, 1.165) is 6.54 Å². The first-order chi connectivity index (χ1) is 9.48. The molecule has 0 bridgehead atoms. The summed E-state index contributed by atoms with van der Waals surface area (Å²) >= 11 is 0. The van der Waals surface area contributed by atoms with Crippen LogP contribution in [0.1, 0.15) is 49.7 Å². The van der Waals surface area contributed by atoms with Crippen molar-refractivity contribution in [1.82, 2.24) is 9.97 Å². The van der Waals surface area contributed by atoms with Crippen molar-refractivity contribution in [3.63, 3.8) is 0 Å². The third kappa shape index (κ3) is 3.08. The van der Waals surface area contributed by atoms with Gasteiger partial charge in [-0.1, -0.05) is 13.8 Å². The van der Waals surface area contributed by atoms with Gasteiger partial charge in [-0.25, -0.2) is 14.8 Å². The zero-order chi connectivity index (χ0) is 14.8. The SMILES string of the molecule is CCOC(=O)c1cnc(NCC2(C(C)C)CC2)nc1C. The Hall–Kier alpha value is -1.65. The van der Waals surface area contributed by atoms with Crippen LogP contribution in [0, 0.1) is 18.3 Å². The Bertz CT molecular complexity index is 496. The molecule has 1 heterocycles. The number of ether oxygens (including phenoxy) is 1. The summed E-state index contributed by atoms with van der Waals surface area (Å²) in [5, 5.41) is 3.29. The Labute approximate surface area is 120 Å². The van der Waals surface area contributed by atoms with Crippen molar-refractivity contribution in [3.05, 3.63) is 17.5 Å². The molecule has 0 amide bonds. The minimum Gasteiger partial charge on any atom is -0.462 e. The monoisotopic (exact) mass is 277 g/mol. The van der Waals surface area contributed by atoms with Crippen molar-refractivity contribution in [1.29, 1.82) is 0 Å². The van der Waals surface area contributed by atoms with Crippen LogP contribution in [0.5, 0.6) is 0 Å². The molecular formula is C15H23N3O2. The Kier molecular flexibility index (Phi) is 4.26. The fraction of sp³-hybridized carbons (Fsp3) is 0.667. The Morgan fingerprint density at radius 1 is 1.50 bits per heavy atom. The van der Waals surface area contributed by atoms with Crippen LogP contribution >= 0.6 is 0 Å². The van der Waals surface area contributed by atoms with E-state index in [1.165, 1.54) is 19.0 Å². The first-order valence-corrected chi connectivity index (χ1v) is 7.23. The third-order valence-corrected chi connectivity index (χ3v) is 4.19. The van der Waals surface area contributed by atoms with Gasteiger partial charge in [0.05, 0.1) is 17.9 Å².